The zero-order valence-electron chi connectivity index (χ0n) is 14.7. The average molecular weight is 290 g/mol. The normalized spacial score (nSPS) is 12.4. The zero-order chi connectivity index (χ0) is 16.1. The van der Waals surface area contributed by atoms with Gasteiger partial charge in [-0.25, -0.2) is 0 Å². The van der Waals surface area contributed by atoms with Crippen molar-refractivity contribution in [3.63, 3.8) is 0 Å². The maximum absolute atomic E-state index is 5.62. The first-order valence-electron chi connectivity index (χ1n) is 8.35. The Balaban J connectivity index is 4.16. The topological polar surface area (TPSA) is 26.0 Å². The first kappa shape index (κ1) is 19.8. The van der Waals surface area contributed by atoms with Gasteiger partial charge in [-0.05, 0) is 65.7 Å². The molecular weight excluding hydrogens is 254 g/mol. The summed E-state index contributed by atoms with van der Waals surface area (Å²) < 4.78 is 0. The van der Waals surface area contributed by atoms with E-state index in [9.17, 15) is 0 Å². The van der Waals surface area contributed by atoms with Gasteiger partial charge in [0.2, 0.25) is 0 Å². The van der Waals surface area contributed by atoms with Crippen molar-refractivity contribution in [2.75, 3.05) is 0 Å². The lowest BCUT2D eigenvalue weighted by atomic mass is 10.0. The Hall–Kier alpha value is -1.24. The lowest BCUT2D eigenvalue weighted by molar-refractivity contribution is 0.807. The molecular formula is C20H35N. The van der Waals surface area contributed by atoms with Crippen LogP contribution in [-0.4, -0.2) is 0 Å². The highest BCUT2D eigenvalue weighted by molar-refractivity contribution is 5.07. The molecule has 0 atom stereocenters. The predicted molar refractivity (Wildman–Crippen MR) is 97.2 cm³/mol. The van der Waals surface area contributed by atoms with Gasteiger partial charge in [0.25, 0.3) is 0 Å². The van der Waals surface area contributed by atoms with Crippen LogP contribution in [0.5, 0.6) is 0 Å². The Labute approximate surface area is 132 Å². The minimum Gasteiger partial charge on any atom is -0.403 e. The molecule has 1 nitrogen and oxygen atoms in total. The maximum Gasteiger partial charge on any atom is 0.00105 e. The molecule has 1 heteroatoms. The van der Waals surface area contributed by atoms with Crippen LogP contribution in [0.15, 0.2) is 47.2 Å². The molecule has 0 aliphatic rings. The number of hydrogen-bond donors (Lipinski definition) is 1. The Morgan fingerprint density at radius 3 is 2.05 bits per heavy atom. The van der Waals surface area contributed by atoms with E-state index < -0.39 is 0 Å². The summed E-state index contributed by atoms with van der Waals surface area (Å²) in [7, 11) is 0. The van der Waals surface area contributed by atoms with Gasteiger partial charge >= 0.3 is 0 Å². The fourth-order valence-electron chi connectivity index (χ4n) is 2.31. The lowest BCUT2D eigenvalue weighted by Crippen LogP contribution is -1.93. The van der Waals surface area contributed by atoms with E-state index in [-0.39, 0.29) is 0 Å². The van der Waals surface area contributed by atoms with Crippen LogP contribution in [0, 0.1) is 0 Å². The first-order valence-corrected chi connectivity index (χ1v) is 8.35. The smallest absolute Gasteiger partial charge is 0.00105 e. The van der Waals surface area contributed by atoms with Crippen molar-refractivity contribution >= 4 is 0 Å². The number of rotatable bonds is 11. The standard InChI is InChI=1S/C20H35N/c1-6-10-20(16-9-14-19(5)21)15-8-13-18(4)12-7-11-17(2)3/h11,13,16H,5-10,12,14-15,21H2,1-4H3/b18-13+,20-16+. The van der Waals surface area contributed by atoms with Gasteiger partial charge in [-0.15, -0.1) is 0 Å². The third-order valence-corrected chi connectivity index (χ3v) is 3.52. The van der Waals surface area contributed by atoms with Crippen LogP contribution in [0.2, 0.25) is 0 Å². The summed E-state index contributed by atoms with van der Waals surface area (Å²) in [6.45, 7) is 12.6. The lowest BCUT2D eigenvalue weighted by Gasteiger charge is -2.06. The minimum absolute atomic E-state index is 0.789. The van der Waals surface area contributed by atoms with Crippen LogP contribution < -0.4 is 5.73 Å². The Morgan fingerprint density at radius 1 is 0.857 bits per heavy atom. The summed E-state index contributed by atoms with van der Waals surface area (Å²) in [5, 5.41) is 0. The molecule has 0 aliphatic heterocycles. The summed E-state index contributed by atoms with van der Waals surface area (Å²) in [4.78, 5) is 0. The van der Waals surface area contributed by atoms with E-state index in [0.29, 0.717) is 0 Å². The molecule has 0 radical (unpaired) electrons. The molecule has 0 fully saturated rings. The molecule has 0 aromatic heterocycles. The summed E-state index contributed by atoms with van der Waals surface area (Å²) in [5.74, 6) is 0. The third kappa shape index (κ3) is 13.5. The molecule has 0 heterocycles. The largest absolute Gasteiger partial charge is 0.403 e. The number of nitrogens with two attached hydrogens (primary N) is 1. The summed E-state index contributed by atoms with van der Waals surface area (Å²) in [5.41, 5.74) is 10.9. The molecule has 21 heavy (non-hydrogen) atoms. The number of hydrogen-bond acceptors (Lipinski definition) is 1. The van der Waals surface area contributed by atoms with Crippen molar-refractivity contribution in [3.05, 3.63) is 47.2 Å². The van der Waals surface area contributed by atoms with Gasteiger partial charge < -0.3 is 5.73 Å². The van der Waals surface area contributed by atoms with Gasteiger partial charge in [0.1, 0.15) is 0 Å². The molecule has 0 spiro atoms. The van der Waals surface area contributed by atoms with Crippen LogP contribution in [0.1, 0.15) is 79.1 Å². The highest BCUT2D eigenvalue weighted by Gasteiger charge is 1.97. The molecule has 0 saturated heterocycles. The van der Waals surface area contributed by atoms with E-state index in [4.69, 9.17) is 5.73 Å². The van der Waals surface area contributed by atoms with Gasteiger partial charge in [0.15, 0.2) is 0 Å². The van der Waals surface area contributed by atoms with Gasteiger partial charge in [-0.2, -0.15) is 0 Å². The summed E-state index contributed by atoms with van der Waals surface area (Å²) >= 11 is 0. The van der Waals surface area contributed by atoms with Gasteiger partial charge in [-0.1, -0.05) is 54.9 Å². The zero-order valence-corrected chi connectivity index (χ0v) is 14.7. The molecule has 0 aromatic rings. The van der Waals surface area contributed by atoms with E-state index in [1.165, 1.54) is 43.3 Å². The second-order valence-electron chi connectivity index (χ2n) is 6.22. The SMILES string of the molecule is C=C(N)CC/C=C(\CCC)CC/C=C(\C)CCC=C(C)C. The van der Waals surface area contributed by atoms with Gasteiger partial charge in [-0.3, -0.25) is 0 Å². The van der Waals surface area contributed by atoms with E-state index in [2.05, 4.69) is 52.5 Å². The van der Waals surface area contributed by atoms with Crippen molar-refractivity contribution in [2.24, 2.45) is 5.73 Å². The highest BCUT2D eigenvalue weighted by Crippen LogP contribution is 2.16. The van der Waals surface area contributed by atoms with Gasteiger partial charge in [0, 0.05) is 5.70 Å². The Bertz CT molecular complexity index is 379. The van der Waals surface area contributed by atoms with Crippen LogP contribution in [-0.2, 0) is 0 Å². The van der Waals surface area contributed by atoms with E-state index in [1.807, 2.05) is 0 Å². The van der Waals surface area contributed by atoms with E-state index in [0.717, 1.165) is 25.0 Å². The highest BCUT2D eigenvalue weighted by atomic mass is 14.5. The van der Waals surface area contributed by atoms with Crippen LogP contribution in [0.4, 0.5) is 0 Å². The Morgan fingerprint density at radius 2 is 1.48 bits per heavy atom. The van der Waals surface area contributed by atoms with Crippen molar-refractivity contribution in [1.29, 1.82) is 0 Å². The first-order chi connectivity index (χ1) is 9.95. The molecule has 0 rings (SSSR count). The van der Waals surface area contributed by atoms with Crippen molar-refractivity contribution in [2.45, 2.75) is 79.1 Å². The summed E-state index contributed by atoms with van der Waals surface area (Å²) in [6.07, 6.45) is 16.2. The molecule has 0 amide bonds. The van der Waals surface area contributed by atoms with Gasteiger partial charge in [0.05, 0.1) is 0 Å². The van der Waals surface area contributed by atoms with Crippen molar-refractivity contribution in [3.8, 4) is 0 Å². The summed E-state index contributed by atoms with van der Waals surface area (Å²) in [6, 6.07) is 0. The van der Waals surface area contributed by atoms with E-state index in [1.54, 1.807) is 5.57 Å². The third-order valence-electron chi connectivity index (χ3n) is 3.52. The van der Waals surface area contributed by atoms with Crippen LogP contribution in [0.3, 0.4) is 0 Å². The number of allylic oxidation sites excluding steroid dienone is 7. The maximum atomic E-state index is 5.62. The minimum atomic E-state index is 0.789. The predicted octanol–water partition coefficient (Wildman–Crippen LogP) is 6.44. The molecule has 120 valence electrons. The molecule has 2 N–H and O–H groups in total. The fraction of sp³-hybridized carbons (Fsp3) is 0.600. The average Bonchev–Trinajstić information content (AvgIpc) is 2.37. The molecule has 0 aromatic carbocycles. The van der Waals surface area contributed by atoms with Crippen LogP contribution in [0.25, 0.3) is 0 Å². The second kappa shape index (κ2) is 12.5. The molecule has 0 saturated carbocycles. The fourth-order valence-corrected chi connectivity index (χ4v) is 2.31. The molecule has 0 bridgehead atoms. The Kier molecular flexibility index (Phi) is 11.8. The van der Waals surface area contributed by atoms with Crippen molar-refractivity contribution < 1.29 is 0 Å². The van der Waals surface area contributed by atoms with Crippen LogP contribution >= 0.6 is 0 Å². The van der Waals surface area contributed by atoms with E-state index >= 15 is 0 Å². The monoisotopic (exact) mass is 289 g/mol. The molecule has 0 unspecified atom stereocenters. The second-order valence-corrected chi connectivity index (χ2v) is 6.22. The molecule has 0 aliphatic carbocycles. The quantitative estimate of drug-likeness (QED) is 0.435. The van der Waals surface area contributed by atoms with Crippen molar-refractivity contribution in [1.82, 2.24) is 0 Å².